The van der Waals surface area contributed by atoms with Crippen LogP contribution in [0.25, 0.3) is 10.1 Å². The van der Waals surface area contributed by atoms with Crippen LogP contribution in [0.15, 0.2) is 47.8 Å². The molecular formula is C17H16O2S. The van der Waals surface area contributed by atoms with Crippen molar-refractivity contribution in [1.29, 1.82) is 0 Å². The molecule has 0 spiro atoms. The molecule has 0 atom stereocenters. The maximum atomic E-state index is 5.87. The second-order valence-electron chi connectivity index (χ2n) is 4.73. The van der Waals surface area contributed by atoms with E-state index < -0.39 is 0 Å². The minimum atomic E-state index is 0.580. The van der Waals surface area contributed by atoms with Crippen molar-refractivity contribution < 1.29 is 9.47 Å². The number of fused-ring (bicyclic) bond motifs is 1. The number of aryl methyl sites for hydroxylation is 1. The Morgan fingerprint density at radius 1 is 1.05 bits per heavy atom. The summed E-state index contributed by atoms with van der Waals surface area (Å²) in [6.07, 6.45) is 0. The second-order valence-corrected chi connectivity index (χ2v) is 5.64. The normalized spacial score (nSPS) is 10.7. The lowest BCUT2D eigenvalue weighted by Gasteiger charge is -2.07. The molecule has 0 fully saturated rings. The zero-order valence-corrected chi connectivity index (χ0v) is 12.4. The molecule has 0 aliphatic carbocycles. The summed E-state index contributed by atoms with van der Waals surface area (Å²) in [5.41, 5.74) is 2.51. The molecule has 3 aromatic rings. The van der Waals surface area contributed by atoms with E-state index in [1.165, 1.54) is 21.2 Å². The van der Waals surface area contributed by atoms with E-state index in [-0.39, 0.29) is 0 Å². The Bertz CT molecular complexity index is 731. The summed E-state index contributed by atoms with van der Waals surface area (Å²) >= 11 is 1.76. The SMILES string of the molecule is COc1cccc(OCc2csc3ccc(C)cc23)c1. The lowest BCUT2D eigenvalue weighted by molar-refractivity contribution is 0.305. The quantitative estimate of drug-likeness (QED) is 0.685. The van der Waals surface area contributed by atoms with Crippen LogP contribution in [0.3, 0.4) is 0 Å². The number of methoxy groups -OCH3 is 1. The highest BCUT2D eigenvalue weighted by Crippen LogP contribution is 2.28. The van der Waals surface area contributed by atoms with Crippen molar-refractivity contribution in [2.24, 2.45) is 0 Å². The Morgan fingerprint density at radius 2 is 1.90 bits per heavy atom. The molecule has 20 heavy (non-hydrogen) atoms. The fourth-order valence-electron chi connectivity index (χ4n) is 2.16. The predicted octanol–water partition coefficient (Wildman–Crippen LogP) is 4.80. The van der Waals surface area contributed by atoms with E-state index in [0.717, 1.165) is 11.5 Å². The van der Waals surface area contributed by atoms with Gasteiger partial charge in [0.15, 0.2) is 0 Å². The molecule has 0 N–H and O–H groups in total. The second kappa shape index (κ2) is 5.55. The fourth-order valence-corrected chi connectivity index (χ4v) is 3.09. The molecule has 102 valence electrons. The molecule has 0 radical (unpaired) electrons. The van der Waals surface area contributed by atoms with E-state index in [1.807, 2.05) is 24.3 Å². The van der Waals surface area contributed by atoms with Crippen molar-refractivity contribution in [2.45, 2.75) is 13.5 Å². The molecule has 0 saturated carbocycles. The van der Waals surface area contributed by atoms with Gasteiger partial charge in [0.25, 0.3) is 0 Å². The van der Waals surface area contributed by atoms with Crippen molar-refractivity contribution in [2.75, 3.05) is 7.11 Å². The van der Waals surface area contributed by atoms with Crippen LogP contribution in [-0.4, -0.2) is 7.11 Å². The fraction of sp³-hybridized carbons (Fsp3) is 0.176. The molecule has 1 heterocycles. The van der Waals surface area contributed by atoms with Crippen LogP contribution in [0.5, 0.6) is 11.5 Å². The first kappa shape index (κ1) is 13.0. The Kier molecular flexibility index (Phi) is 3.61. The van der Waals surface area contributed by atoms with Gasteiger partial charge >= 0.3 is 0 Å². The molecule has 0 aliphatic heterocycles. The smallest absolute Gasteiger partial charge is 0.123 e. The van der Waals surface area contributed by atoms with Crippen LogP contribution in [-0.2, 0) is 6.61 Å². The van der Waals surface area contributed by atoms with Gasteiger partial charge in [-0.2, -0.15) is 0 Å². The van der Waals surface area contributed by atoms with E-state index in [4.69, 9.17) is 9.47 Å². The number of thiophene rings is 1. The van der Waals surface area contributed by atoms with Gasteiger partial charge in [-0.3, -0.25) is 0 Å². The first-order valence-electron chi connectivity index (χ1n) is 6.50. The highest BCUT2D eigenvalue weighted by Gasteiger charge is 2.05. The summed E-state index contributed by atoms with van der Waals surface area (Å²) in [6.45, 7) is 2.69. The number of hydrogen-bond acceptors (Lipinski definition) is 3. The average molecular weight is 284 g/mol. The third kappa shape index (κ3) is 2.63. The molecule has 3 rings (SSSR count). The number of benzene rings is 2. The Morgan fingerprint density at radius 3 is 2.75 bits per heavy atom. The van der Waals surface area contributed by atoms with Gasteiger partial charge < -0.3 is 9.47 Å². The molecule has 2 nitrogen and oxygen atoms in total. The maximum absolute atomic E-state index is 5.87. The number of rotatable bonds is 4. The molecular weight excluding hydrogens is 268 g/mol. The summed E-state index contributed by atoms with van der Waals surface area (Å²) in [4.78, 5) is 0. The van der Waals surface area contributed by atoms with Crippen LogP contribution in [0, 0.1) is 6.92 Å². The van der Waals surface area contributed by atoms with E-state index >= 15 is 0 Å². The largest absolute Gasteiger partial charge is 0.497 e. The first-order chi connectivity index (χ1) is 9.76. The molecule has 1 aromatic heterocycles. The number of ether oxygens (including phenoxy) is 2. The summed E-state index contributed by atoms with van der Waals surface area (Å²) in [5.74, 6) is 1.64. The topological polar surface area (TPSA) is 18.5 Å². The lowest BCUT2D eigenvalue weighted by atomic mass is 10.1. The molecule has 0 unspecified atom stereocenters. The first-order valence-corrected chi connectivity index (χ1v) is 7.38. The van der Waals surface area contributed by atoms with Crippen LogP contribution in [0.2, 0.25) is 0 Å². The minimum absolute atomic E-state index is 0.580. The van der Waals surface area contributed by atoms with Gasteiger partial charge in [-0.05, 0) is 35.9 Å². The van der Waals surface area contributed by atoms with Crippen molar-refractivity contribution >= 4 is 21.4 Å². The Hall–Kier alpha value is -2.00. The standard InChI is InChI=1S/C17H16O2S/c1-12-6-7-17-16(8-12)13(11-20-17)10-19-15-5-3-4-14(9-15)18-2/h3-9,11H,10H2,1-2H3. The Labute approximate surface area is 122 Å². The van der Waals surface area contributed by atoms with Crippen molar-refractivity contribution in [1.82, 2.24) is 0 Å². The van der Waals surface area contributed by atoms with Gasteiger partial charge in [0.2, 0.25) is 0 Å². The van der Waals surface area contributed by atoms with E-state index in [1.54, 1.807) is 18.4 Å². The Balaban J connectivity index is 1.81. The van der Waals surface area contributed by atoms with Crippen LogP contribution in [0.1, 0.15) is 11.1 Å². The maximum Gasteiger partial charge on any atom is 0.123 e. The summed E-state index contributed by atoms with van der Waals surface area (Å²) < 4.78 is 12.4. The zero-order chi connectivity index (χ0) is 13.9. The van der Waals surface area contributed by atoms with Crippen LogP contribution in [0.4, 0.5) is 0 Å². The molecule has 0 saturated heterocycles. The molecule has 0 bridgehead atoms. The summed E-state index contributed by atoms with van der Waals surface area (Å²) in [6, 6.07) is 14.2. The van der Waals surface area contributed by atoms with Crippen LogP contribution >= 0.6 is 11.3 Å². The summed E-state index contributed by atoms with van der Waals surface area (Å²) in [5, 5.41) is 3.46. The third-order valence-corrected chi connectivity index (χ3v) is 4.26. The minimum Gasteiger partial charge on any atom is -0.497 e. The predicted molar refractivity (Wildman–Crippen MR) is 83.9 cm³/mol. The van der Waals surface area contributed by atoms with Gasteiger partial charge in [0.05, 0.1) is 7.11 Å². The van der Waals surface area contributed by atoms with Crippen molar-refractivity contribution in [3.63, 3.8) is 0 Å². The average Bonchev–Trinajstić information content (AvgIpc) is 2.87. The van der Waals surface area contributed by atoms with Gasteiger partial charge in [-0.25, -0.2) is 0 Å². The van der Waals surface area contributed by atoms with Crippen molar-refractivity contribution in [3.05, 3.63) is 59.0 Å². The van der Waals surface area contributed by atoms with Gasteiger partial charge in [0.1, 0.15) is 18.1 Å². The molecule has 2 aromatic carbocycles. The molecule has 3 heteroatoms. The molecule has 0 aliphatic rings. The highest BCUT2D eigenvalue weighted by molar-refractivity contribution is 7.17. The van der Waals surface area contributed by atoms with Gasteiger partial charge in [-0.15, -0.1) is 11.3 Å². The van der Waals surface area contributed by atoms with Crippen LogP contribution < -0.4 is 9.47 Å². The van der Waals surface area contributed by atoms with Gasteiger partial charge in [-0.1, -0.05) is 23.8 Å². The van der Waals surface area contributed by atoms with E-state index in [9.17, 15) is 0 Å². The molecule has 0 amide bonds. The lowest BCUT2D eigenvalue weighted by Crippen LogP contribution is -1.94. The van der Waals surface area contributed by atoms with E-state index in [0.29, 0.717) is 6.61 Å². The van der Waals surface area contributed by atoms with Crippen molar-refractivity contribution in [3.8, 4) is 11.5 Å². The summed E-state index contributed by atoms with van der Waals surface area (Å²) in [7, 11) is 1.66. The monoisotopic (exact) mass is 284 g/mol. The zero-order valence-electron chi connectivity index (χ0n) is 11.6. The van der Waals surface area contributed by atoms with Gasteiger partial charge in [0, 0.05) is 16.3 Å². The number of hydrogen-bond donors (Lipinski definition) is 0. The highest BCUT2D eigenvalue weighted by atomic mass is 32.1. The third-order valence-electron chi connectivity index (χ3n) is 3.24. The van der Waals surface area contributed by atoms with E-state index in [2.05, 4.69) is 30.5 Å².